The Labute approximate surface area is 224 Å². The highest BCUT2D eigenvalue weighted by atomic mass is 19.1. The van der Waals surface area contributed by atoms with Crippen molar-refractivity contribution in [3.05, 3.63) is 78.8 Å². The molecule has 1 saturated carbocycles. The average Bonchev–Trinajstić information content (AvgIpc) is 3.73. The van der Waals surface area contributed by atoms with Crippen LogP contribution < -0.4 is 5.32 Å². The quantitative estimate of drug-likeness (QED) is 0.238. The summed E-state index contributed by atoms with van der Waals surface area (Å²) >= 11 is 0. The normalized spacial score (nSPS) is 14.1. The van der Waals surface area contributed by atoms with Crippen LogP contribution in [0.3, 0.4) is 0 Å². The van der Waals surface area contributed by atoms with E-state index >= 15 is 4.39 Å². The zero-order chi connectivity index (χ0) is 26.2. The third-order valence-electron chi connectivity index (χ3n) is 7.62. The third-order valence-corrected chi connectivity index (χ3v) is 7.62. The first kappa shape index (κ1) is 23.6. The first-order valence-corrected chi connectivity index (χ1v) is 13.3. The fourth-order valence-corrected chi connectivity index (χ4v) is 5.63. The van der Waals surface area contributed by atoms with Crippen LogP contribution in [0.15, 0.2) is 67.4 Å². The van der Waals surface area contributed by atoms with Crippen LogP contribution in [0.5, 0.6) is 0 Å². The molecule has 39 heavy (non-hydrogen) atoms. The van der Waals surface area contributed by atoms with Gasteiger partial charge in [-0.3, -0.25) is 15.1 Å². The van der Waals surface area contributed by atoms with Crippen LogP contribution >= 0.6 is 0 Å². The minimum absolute atomic E-state index is 0.364. The largest absolute Gasteiger partial charge is 0.335 e. The maximum Gasteiger partial charge on any atom is 0.178 e. The van der Waals surface area contributed by atoms with Crippen molar-refractivity contribution < 1.29 is 4.39 Å². The maximum atomic E-state index is 16.2. The number of aromatic amines is 2. The molecule has 0 saturated heterocycles. The van der Waals surface area contributed by atoms with Gasteiger partial charge in [-0.05, 0) is 72.8 Å². The van der Waals surface area contributed by atoms with E-state index in [1.54, 1.807) is 30.9 Å². The Hall–Kier alpha value is -4.50. The van der Waals surface area contributed by atoms with Crippen LogP contribution in [-0.4, -0.2) is 41.7 Å². The van der Waals surface area contributed by atoms with Gasteiger partial charge in [0.05, 0.1) is 16.4 Å². The van der Waals surface area contributed by atoms with Crippen molar-refractivity contribution in [1.82, 2.24) is 40.4 Å². The van der Waals surface area contributed by atoms with Crippen LogP contribution in [0.2, 0.25) is 0 Å². The molecule has 1 fully saturated rings. The summed E-state index contributed by atoms with van der Waals surface area (Å²) in [5.41, 5.74) is 6.45. The number of nitrogens with zero attached hydrogens (tertiary/aromatic N) is 5. The number of hydrogen-bond acceptors (Lipinski definition) is 6. The third kappa shape index (κ3) is 4.44. The first-order chi connectivity index (χ1) is 19.2. The Bertz CT molecular complexity index is 1770. The number of nitrogens with one attached hydrogen (secondary N) is 3. The van der Waals surface area contributed by atoms with E-state index in [-0.39, 0.29) is 5.82 Å². The lowest BCUT2D eigenvalue weighted by molar-refractivity contribution is 0.489. The fourth-order valence-electron chi connectivity index (χ4n) is 5.63. The van der Waals surface area contributed by atoms with Crippen LogP contribution in [0, 0.1) is 11.7 Å². The van der Waals surface area contributed by atoms with Crippen LogP contribution in [0.4, 0.5) is 4.39 Å². The number of hydrogen-bond donors (Lipinski definition) is 3. The van der Waals surface area contributed by atoms with Crippen molar-refractivity contribution in [2.45, 2.75) is 32.2 Å². The number of rotatable bonds is 7. The topological polar surface area (TPSA) is 108 Å². The predicted octanol–water partition coefficient (Wildman–Crippen LogP) is 6.04. The molecule has 1 aliphatic rings. The van der Waals surface area contributed by atoms with Crippen molar-refractivity contribution in [2.24, 2.45) is 5.92 Å². The van der Waals surface area contributed by atoms with Crippen molar-refractivity contribution >= 4 is 22.1 Å². The van der Waals surface area contributed by atoms with Crippen molar-refractivity contribution in [3.8, 4) is 33.8 Å². The van der Waals surface area contributed by atoms with Gasteiger partial charge >= 0.3 is 0 Å². The summed E-state index contributed by atoms with van der Waals surface area (Å²) in [5, 5.41) is 11.3. The number of imidazole rings is 1. The van der Waals surface area contributed by atoms with E-state index in [4.69, 9.17) is 0 Å². The average molecular weight is 519 g/mol. The van der Waals surface area contributed by atoms with Gasteiger partial charge in [0.15, 0.2) is 11.5 Å². The maximum absolute atomic E-state index is 16.2. The highest BCUT2D eigenvalue weighted by Crippen LogP contribution is 2.35. The minimum Gasteiger partial charge on any atom is -0.335 e. The lowest BCUT2D eigenvalue weighted by Crippen LogP contribution is -2.20. The number of halogens is 1. The Morgan fingerprint density at radius 1 is 0.923 bits per heavy atom. The monoisotopic (exact) mass is 518 g/mol. The molecule has 9 heteroatoms. The molecule has 3 N–H and O–H groups in total. The van der Waals surface area contributed by atoms with E-state index in [1.165, 1.54) is 25.7 Å². The van der Waals surface area contributed by atoms with Crippen molar-refractivity contribution in [1.29, 1.82) is 0 Å². The van der Waals surface area contributed by atoms with Gasteiger partial charge in [0.25, 0.3) is 0 Å². The molecule has 0 unspecified atom stereocenters. The molecule has 0 amide bonds. The number of benzene rings is 1. The summed E-state index contributed by atoms with van der Waals surface area (Å²) < 4.78 is 16.2. The standard InChI is InChI=1S/C30H27FN8/c31-26-22(21-13-19(16-34-17-21)15-33-14-18-3-1-2-4-18)5-6-24-25(26)28(39-38-24)30-36-27-23(9-12-35-29(27)37-30)20-7-10-32-11-8-20/h5-13,16-18,33H,1-4,14-15H2,(H,38,39)(H,35,36,37). The van der Waals surface area contributed by atoms with E-state index < -0.39 is 0 Å². The Morgan fingerprint density at radius 3 is 2.67 bits per heavy atom. The summed E-state index contributed by atoms with van der Waals surface area (Å²) in [6, 6.07) is 11.4. The van der Waals surface area contributed by atoms with E-state index in [1.807, 2.05) is 36.5 Å². The van der Waals surface area contributed by atoms with Crippen LogP contribution in [-0.2, 0) is 6.54 Å². The molecule has 0 bridgehead atoms. The molecule has 5 heterocycles. The van der Waals surface area contributed by atoms with Gasteiger partial charge in [0.1, 0.15) is 11.5 Å². The highest BCUT2D eigenvalue weighted by Gasteiger charge is 2.21. The first-order valence-electron chi connectivity index (χ1n) is 13.3. The Morgan fingerprint density at radius 2 is 1.79 bits per heavy atom. The SMILES string of the molecule is Fc1c(-c2cncc(CNCC3CCCC3)c2)ccc2[nH]nc(-c3nc4nccc(-c5ccncc5)c4[nH]3)c12. The zero-order valence-corrected chi connectivity index (χ0v) is 21.3. The number of aromatic nitrogens is 7. The zero-order valence-electron chi connectivity index (χ0n) is 21.3. The summed E-state index contributed by atoms with van der Waals surface area (Å²) in [6.07, 6.45) is 14.0. The second-order valence-electron chi connectivity index (χ2n) is 10.2. The Kier molecular flexibility index (Phi) is 6.05. The summed E-state index contributed by atoms with van der Waals surface area (Å²) in [7, 11) is 0. The molecule has 0 atom stereocenters. The molecule has 1 aliphatic carbocycles. The van der Waals surface area contributed by atoms with Gasteiger partial charge in [-0.25, -0.2) is 14.4 Å². The summed E-state index contributed by atoms with van der Waals surface area (Å²) in [5.74, 6) is 0.843. The predicted molar refractivity (Wildman–Crippen MR) is 149 cm³/mol. The van der Waals surface area contributed by atoms with E-state index in [2.05, 4.69) is 40.4 Å². The minimum atomic E-state index is -0.364. The second kappa shape index (κ2) is 9.99. The molecular weight excluding hydrogens is 491 g/mol. The molecule has 8 nitrogen and oxygen atoms in total. The Balaban J connectivity index is 1.24. The highest BCUT2D eigenvalue weighted by molar-refractivity contribution is 5.98. The molecule has 6 aromatic rings. The lowest BCUT2D eigenvalue weighted by Gasteiger charge is -2.11. The van der Waals surface area contributed by atoms with Crippen molar-refractivity contribution in [2.75, 3.05) is 6.54 Å². The van der Waals surface area contributed by atoms with E-state index in [0.29, 0.717) is 40.2 Å². The molecule has 5 aromatic heterocycles. The second-order valence-corrected chi connectivity index (χ2v) is 10.2. The van der Waals surface area contributed by atoms with Gasteiger partial charge in [0.2, 0.25) is 0 Å². The molecule has 7 rings (SSSR count). The van der Waals surface area contributed by atoms with E-state index in [0.717, 1.165) is 40.2 Å². The molecule has 0 spiro atoms. The van der Waals surface area contributed by atoms with Gasteiger partial charge in [-0.15, -0.1) is 0 Å². The lowest BCUT2D eigenvalue weighted by atomic mass is 10.0. The molecule has 0 aliphatic heterocycles. The van der Waals surface area contributed by atoms with Gasteiger partial charge in [-0.1, -0.05) is 12.8 Å². The molecular formula is C30H27FN8. The number of pyridine rings is 3. The van der Waals surface area contributed by atoms with Gasteiger partial charge in [0, 0.05) is 54.2 Å². The van der Waals surface area contributed by atoms with Gasteiger partial charge in [-0.2, -0.15) is 5.10 Å². The fraction of sp³-hybridized carbons (Fsp3) is 0.233. The summed E-state index contributed by atoms with van der Waals surface area (Å²) in [4.78, 5) is 20.9. The van der Waals surface area contributed by atoms with Gasteiger partial charge < -0.3 is 10.3 Å². The smallest absolute Gasteiger partial charge is 0.178 e. The summed E-state index contributed by atoms with van der Waals surface area (Å²) in [6.45, 7) is 1.72. The van der Waals surface area contributed by atoms with E-state index in [9.17, 15) is 0 Å². The number of fused-ring (bicyclic) bond motifs is 2. The molecule has 194 valence electrons. The molecule has 0 radical (unpaired) electrons. The van der Waals surface area contributed by atoms with Crippen LogP contribution in [0.25, 0.3) is 55.8 Å². The molecule has 1 aromatic carbocycles. The number of H-pyrrole nitrogens is 2. The van der Waals surface area contributed by atoms with Crippen LogP contribution in [0.1, 0.15) is 31.2 Å². The van der Waals surface area contributed by atoms with Crippen molar-refractivity contribution in [3.63, 3.8) is 0 Å².